The number of anilines is 1. The lowest BCUT2D eigenvalue weighted by Gasteiger charge is -2.24. The first-order chi connectivity index (χ1) is 9.10. The average molecular weight is 297 g/mol. The standard InChI is InChI=1S/C13H13F6N/c1-8-10(13(17,18)19)6-9(12(14,15)16)7-11(8)20-4-2-3-5-20/h6-7H,2-5H2,1H3. The third-order valence-electron chi connectivity index (χ3n) is 3.46. The van der Waals surface area contributed by atoms with Crippen molar-refractivity contribution in [2.45, 2.75) is 32.1 Å². The Morgan fingerprint density at radius 3 is 1.90 bits per heavy atom. The molecule has 1 aromatic carbocycles. The first-order valence-electron chi connectivity index (χ1n) is 6.14. The minimum atomic E-state index is -4.79. The molecule has 0 unspecified atom stereocenters. The predicted molar refractivity (Wildman–Crippen MR) is 62.6 cm³/mol. The third-order valence-corrected chi connectivity index (χ3v) is 3.46. The summed E-state index contributed by atoms with van der Waals surface area (Å²) in [4.78, 5) is 1.58. The second-order valence-electron chi connectivity index (χ2n) is 4.86. The number of rotatable bonds is 1. The predicted octanol–water partition coefficient (Wildman–Crippen LogP) is 4.63. The summed E-state index contributed by atoms with van der Waals surface area (Å²) in [7, 11) is 0. The number of hydrogen-bond donors (Lipinski definition) is 0. The molecule has 2 rings (SSSR count). The first-order valence-corrected chi connectivity index (χ1v) is 6.14. The van der Waals surface area contributed by atoms with Crippen LogP contribution in [-0.2, 0) is 12.4 Å². The van der Waals surface area contributed by atoms with Gasteiger partial charge in [0.15, 0.2) is 0 Å². The molecule has 1 aromatic rings. The van der Waals surface area contributed by atoms with Crippen molar-refractivity contribution in [2.75, 3.05) is 18.0 Å². The number of hydrogen-bond acceptors (Lipinski definition) is 1. The molecule has 0 radical (unpaired) electrons. The summed E-state index contributed by atoms with van der Waals surface area (Å²) < 4.78 is 77.0. The molecule has 0 amide bonds. The van der Waals surface area contributed by atoms with E-state index in [1.165, 1.54) is 6.92 Å². The Bertz CT molecular complexity index is 497. The van der Waals surface area contributed by atoms with Gasteiger partial charge in [0.05, 0.1) is 11.1 Å². The lowest BCUT2D eigenvalue weighted by Crippen LogP contribution is -2.22. The van der Waals surface area contributed by atoms with Gasteiger partial charge in [0.1, 0.15) is 0 Å². The molecule has 0 atom stereocenters. The smallest absolute Gasteiger partial charge is 0.371 e. The van der Waals surface area contributed by atoms with Crippen molar-refractivity contribution in [1.29, 1.82) is 0 Å². The summed E-state index contributed by atoms with van der Waals surface area (Å²) >= 11 is 0. The largest absolute Gasteiger partial charge is 0.416 e. The van der Waals surface area contributed by atoms with Crippen molar-refractivity contribution < 1.29 is 26.3 Å². The summed E-state index contributed by atoms with van der Waals surface area (Å²) in [6.45, 7) is 2.19. The van der Waals surface area contributed by atoms with E-state index in [1.54, 1.807) is 4.90 Å². The Balaban J connectivity index is 2.60. The van der Waals surface area contributed by atoms with Gasteiger partial charge in [-0.05, 0) is 37.5 Å². The number of halogens is 6. The SMILES string of the molecule is Cc1c(N2CCCC2)cc(C(F)(F)F)cc1C(F)(F)F. The zero-order valence-electron chi connectivity index (χ0n) is 10.7. The summed E-state index contributed by atoms with van der Waals surface area (Å²) in [5.41, 5.74) is -2.58. The molecular weight excluding hydrogens is 284 g/mol. The molecule has 0 aliphatic carbocycles. The fourth-order valence-electron chi connectivity index (χ4n) is 2.44. The Labute approximate surface area is 112 Å². The van der Waals surface area contributed by atoms with E-state index < -0.39 is 23.5 Å². The van der Waals surface area contributed by atoms with E-state index in [9.17, 15) is 26.3 Å². The van der Waals surface area contributed by atoms with Crippen LogP contribution in [0.2, 0.25) is 0 Å². The van der Waals surface area contributed by atoms with Gasteiger partial charge in [-0.1, -0.05) is 0 Å². The van der Waals surface area contributed by atoms with E-state index in [0.29, 0.717) is 13.1 Å². The lowest BCUT2D eigenvalue weighted by atomic mass is 10.0. The maximum Gasteiger partial charge on any atom is 0.416 e. The van der Waals surface area contributed by atoms with Gasteiger partial charge in [-0.25, -0.2) is 0 Å². The molecule has 0 bridgehead atoms. The van der Waals surface area contributed by atoms with Crippen LogP contribution in [0.1, 0.15) is 29.5 Å². The van der Waals surface area contributed by atoms with Crippen LogP contribution in [0.5, 0.6) is 0 Å². The molecule has 112 valence electrons. The summed E-state index contributed by atoms with van der Waals surface area (Å²) in [5.74, 6) is 0. The first kappa shape index (κ1) is 15.0. The van der Waals surface area contributed by atoms with Gasteiger partial charge in [0.25, 0.3) is 0 Å². The normalized spacial score (nSPS) is 16.9. The highest BCUT2D eigenvalue weighted by atomic mass is 19.4. The molecule has 1 fully saturated rings. The molecule has 1 aliphatic rings. The number of alkyl halides is 6. The fraction of sp³-hybridized carbons (Fsp3) is 0.538. The molecule has 0 saturated carbocycles. The van der Waals surface area contributed by atoms with Gasteiger partial charge < -0.3 is 4.90 Å². The van der Waals surface area contributed by atoms with Crippen LogP contribution >= 0.6 is 0 Å². The molecule has 0 spiro atoms. The Kier molecular flexibility index (Phi) is 3.64. The summed E-state index contributed by atoms with van der Waals surface area (Å²) in [6.07, 6.45) is -8.03. The zero-order valence-corrected chi connectivity index (χ0v) is 10.7. The van der Waals surface area contributed by atoms with Crippen molar-refractivity contribution in [2.24, 2.45) is 0 Å². The molecule has 0 N–H and O–H groups in total. The minimum absolute atomic E-state index is 0.0321. The molecule has 1 aliphatic heterocycles. The Hall–Kier alpha value is -1.40. The number of benzene rings is 1. The lowest BCUT2D eigenvalue weighted by molar-refractivity contribution is -0.143. The molecule has 20 heavy (non-hydrogen) atoms. The van der Waals surface area contributed by atoms with Gasteiger partial charge in [0, 0.05) is 18.8 Å². The van der Waals surface area contributed by atoms with Crippen LogP contribution in [0.3, 0.4) is 0 Å². The third kappa shape index (κ3) is 2.86. The van der Waals surface area contributed by atoms with E-state index in [1.807, 2.05) is 0 Å². The second kappa shape index (κ2) is 4.86. The van der Waals surface area contributed by atoms with Crippen LogP contribution < -0.4 is 4.90 Å². The van der Waals surface area contributed by atoms with Crippen LogP contribution in [0.25, 0.3) is 0 Å². The maximum atomic E-state index is 12.9. The van der Waals surface area contributed by atoms with Gasteiger partial charge in [-0.15, -0.1) is 0 Å². The maximum absolute atomic E-state index is 12.9. The highest BCUT2D eigenvalue weighted by Crippen LogP contribution is 2.41. The molecule has 1 nitrogen and oxygen atoms in total. The molecule has 7 heteroatoms. The molecule has 0 aromatic heterocycles. The monoisotopic (exact) mass is 297 g/mol. The highest BCUT2D eigenvalue weighted by molar-refractivity contribution is 5.60. The van der Waals surface area contributed by atoms with E-state index >= 15 is 0 Å². The van der Waals surface area contributed by atoms with Crippen LogP contribution in [0, 0.1) is 6.92 Å². The van der Waals surface area contributed by atoms with Gasteiger partial charge in [-0.3, -0.25) is 0 Å². The Morgan fingerprint density at radius 1 is 0.900 bits per heavy atom. The van der Waals surface area contributed by atoms with E-state index in [2.05, 4.69) is 0 Å². The Morgan fingerprint density at radius 2 is 1.45 bits per heavy atom. The van der Waals surface area contributed by atoms with Crippen molar-refractivity contribution in [1.82, 2.24) is 0 Å². The fourth-order valence-corrected chi connectivity index (χ4v) is 2.44. The minimum Gasteiger partial charge on any atom is -0.371 e. The van der Waals surface area contributed by atoms with Crippen molar-refractivity contribution in [3.05, 3.63) is 28.8 Å². The van der Waals surface area contributed by atoms with E-state index in [0.717, 1.165) is 18.9 Å². The highest BCUT2D eigenvalue weighted by Gasteiger charge is 2.39. The quantitative estimate of drug-likeness (QED) is 0.683. The van der Waals surface area contributed by atoms with Crippen molar-refractivity contribution in [3.8, 4) is 0 Å². The van der Waals surface area contributed by atoms with Gasteiger partial charge >= 0.3 is 12.4 Å². The van der Waals surface area contributed by atoms with Crippen LogP contribution in [0.4, 0.5) is 32.0 Å². The van der Waals surface area contributed by atoms with Gasteiger partial charge in [-0.2, -0.15) is 26.3 Å². The average Bonchev–Trinajstić information content (AvgIpc) is 2.79. The molecule has 1 saturated heterocycles. The van der Waals surface area contributed by atoms with E-state index in [-0.39, 0.29) is 17.3 Å². The summed E-state index contributed by atoms with van der Waals surface area (Å²) in [6, 6.07) is 1.00. The van der Waals surface area contributed by atoms with Crippen LogP contribution in [-0.4, -0.2) is 13.1 Å². The van der Waals surface area contributed by atoms with Crippen LogP contribution in [0.15, 0.2) is 12.1 Å². The summed E-state index contributed by atoms with van der Waals surface area (Å²) in [5, 5.41) is 0. The van der Waals surface area contributed by atoms with Crippen molar-refractivity contribution in [3.63, 3.8) is 0 Å². The second-order valence-corrected chi connectivity index (χ2v) is 4.86. The van der Waals surface area contributed by atoms with Crippen molar-refractivity contribution >= 4 is 5.69 Å². The molecule has 1 heterocycles. The van der Waals surface area contributed by atoms with E-state index in [4.69, 9.17) is 0 Å². The topological polar surface area (TPSA) is 3.24 Å². The number of nitrogens with zero attached hydrogens (tertiary/aromatic N) is 1. The van der Waals surface area contributed by atoms with Gasteiger partial charge in [0.2, 0.25) is 0 Å². The zero-order chi connectivity index (χ0) is 15.1. The molecular formula is C13H13F6N.